The first-order chi connectivity index (χ1) is 14.5. The molecule has 0 saturated heterocycles. The molecule has 0 spiro atoms. The molecule has 1 atom stereocenters. The lowest BCUT2D eigenvalue weighted by Crippen LogP contribution is -2.50. The zero-order chi connectivity index (χ0) is 21.5. The number of rotatable bonds is 7. The lowest BCUT2D eigenvalue weighted by Gasteiger charge is -2.35. The zero-order valence-electron chi connectivity index (χ0n) is 16.8. The number of carbonyl (C=O) groups is 3. The summed E-state index contributed by atoms with van der Waals surface area (Å²) in [5.74, 6) is -0.535. The van der Waals surface area contributed by atoms with Crippen molar-refractivity contribution < 1.29 is 33.3 Å². The van der Waals surface area contributed by atoms with Crippen LogP contribution in [0.1, 0.15) is 11.1 Å². The predicted octanol–water partition coefficient (Wildman–Crippen LogP) is 1.74. The first-order valence-corrected chi connectivity index (χ1v) is 9.38. The summed E-state index contributed by atoms with van der Waals surface area (Å²) in [6.07, 6.45) is 0.350. The average molecular weight is 413 g/mol. The van der Waals surface area contributed by atoms with Crippen molar-refractivity contribution in [2.75, 3.05) is 27.4 Å². The summed E-state index contributed by atoms with van der Waals surface area (Å²) in [6, 6.07) is 13.5. The van der Waals surface area contributed by atoms with Crippen LogP contribution in [0.25, 0.3) is 0 Å². The van der Waals surface area contributed by atoms with Crippen LogP contribution in [0.4, 0.5) is 0 Å². The molecule has 2 aromatic rings. The third-order valence-corrected chi connectivity index (χ3v) is 4.81. The van der Waals surface area contributed by atoms with E-state index in [-0.39, 0.29) is 13.2 Å². The minimum atomic E-state index is -0.758. The normalized spacial score (nSPS) is 15.0. The number of hydrogen-bond donors (Lipinski definition) is 0. The van der Waals surface area contributed by atoms with Crippen LogP contribution in [0.15, 0.2) is 48.5 Å². The van der Waals surface area contributed by atoms with Crippen molar-refractivity contribution in [1.82, 2.24) is 4.90 Å². The maximum absolute atomic E-state index is 12.7. The third kappa shape index (κ3) is 5.08. The van der Waals surface area contributed by atoms with Crippen LogP contribution in [0.5, 0.6) is 11.5 Å². The highest BCUT2D eigenvalue weighted by Crippen LogP contribution is 2.24. The Bertz CT molecular complexity index is 910. The van der Waals surface area contributed by atoms with E-state index in [1.54, 1.807) is 31.4 Å². The number of hydrogen-bond acceptors (Lipinski definition) is 7. The summed E-state index contributed by atoms with van der Waals surface area (Å²) < 4.78 is 20.3. The molecule has 0 saturated carbocycles. The van der Waals surface area contributed by atoms with Gasteiger partial charge in [-0.15, -0.1) is 0 Å². The topological polar surface area (TPSA) is 91.4 Å². The fourth-order valence-electron chi connectivity index (χ4n) is 3.21. The first-order valence-electron chi connectivity index (χ1n) is 9.38. The lowest BCUT2D eigenvalue weighted by atomic mass is 9.94. The minimum absolute atomic E-state index is 0.245. The number of amides is 1. The number of benzene rings is 2. The fraction of sp³-hybridized carbons (Fsp3) is 0.318. The molecule has 0 aliphatic carbocycles. The van der Waals surface area contributed by atoms with Crippen LogP contribution >= 0.6 is 0 Å². The number of fused-ring (bicyclic) bond motifs is 1. The molecule has 0 unspecified atom stereocenters. The predicted molar refractivity (Wildman–Crippen MR) is 106 cm³/mol. The third-order valence-electron chi connectivity index (χ3n) is 4.81. The summed E-state index contributed by atoms with van der Waals surface area (Å²) in [5, 5.41) is 0. The summed E-state index contributed by atoms with van der Waals surface area (Å²) in [4.78, 5) is 38.2. The highest BCUT2D eigenvalue weighted by Gasteiger charge is 2.35. The number of ether oxygens (including phenoxy) is 4. The highest BCUT2D eigenvalue weighted by atomic mass is 16.6. The molecule has 0 radical (unpaired) electrons. The summed E-state index contributed by atoms with van der Waals surface area (Å²) >= 11 is 0. The molecule has 1 aliphatic rings. The smallest absolute Gasteiger partial charge is 0.344 e. The molecule has 30 heavy (non-hydrogen) atoms. The van der Waals surface area contributed by atoms with E-state index < -0.39 is 30.5 Å². The zero-order valence-corrected chi connectivity index (χ0v) is 16.8. The Morgan fingerprint density at radius 1 is 0.933 bits per heavy atom. The molecule has 1 heterocycles. The SMILES string of the molecule is COC(=O)[C@H]1Cc2ccccc2CN1C(=O)COC(=O)COc1ccc(OC)cc1. The molecular formula is C22H23NO7. The molecule has 1 amide bonds. The van der Waals surface area contributed by atoms with Gasteiger partial charge in [-0.2, -0.15) is 0 Å². The van der Waals surface area contributed by atoms with Crippen molar-refractivity contribution in [1.29, 1.82) is 0 Å². The molecule has 0 fully saturated rings. The average Bonchev–Trinajstić information content (AvgIpc) is 2.80. The number of methoxy groups -OCH3 is 2. The highest BCUT2D eigenvalue weighted by molar-refractivity contribution is 5.87. The van der Waals surface area contributed by atoms with Crippen LogP contribution in [-0.2, 0) is 36.8 Å². The number of nitrogens with zero attached hydrogens (tertiary/aromatic N) is 1. The first kappa shape index (κ1) is 21.2. The van der Waals surface area contributed by atoms with Crippen molar-refractivity contribution in [3.63, 3.8) is 0 Å². The standard InChI is InChI=1S/C22H23NO7/c1-27-17-7-9-18(10-8-17)29-14-21(25)30-13-20(24)23-12-16-6-4-3-5-15(16)11-19(23)22(26)28-2/h3-10,19H,11-14H2,1-2H3/t19-/m1/s1. The van der Waals surface area contributed by atoms with Crippen molar-refractivity contribution >= 4 is 17.8 Å². The monoisotopic (exact) mass is 413 g/mol. The van der Waals surface area contributed by atoms with Crippen molar-refractivity contribution in [2.45, 2.75) is 19.0 Å². The Balaban J connectivity index is 1.55. The van der Waals surface area contributed by atoms with Gasteiger partial charge in [0.25, 0.3) is 5.91 Å². The molecule has 8 heteroatoms. The van der Waals surface area contributed by atoms with E-state index in [4.69, 9.17) is 18.9 Å². The van der Waals surface area contributed by atoms with Gasteiger partial charge in [0.05, 0.1) is 14.2 Å². The van der Waals surface area contributed by atoms with Gasteiger partial charge in [0.2, 0.25) is 0 Å². The molecule has 0 N–H and O–H groups in total. The van der Waals surface area contributed by atoms with Gasteiger partial charge in [0.15, 0.2) is 13.2 Å². The van der Waals surface area contributed by atoms with Gasteiger partial charge in [0, 0.05) is 13.0 Å². The Kier molecular flexibility index (Phi) is 6.90. The van der Waals surface area contributed by atoms with Crippen molar-refractivity contribution in [3.8, 4) is 11.5 Å². The van der Waals surface area contributed by atoms with E-state index >= 15 is 0 Å². The lowest BCUT2D eigenvalue weighted by molar-refractivity contribution is -0.160. The fourth-order valence-corrected chi connectivity index (χ4v) is 3.21. The van der Waals surface area contributed by atoms with Crippen LogP contribution < -0.4 is 9.47 Å². The second-order valence-electron chi connectivity index (χ2n) is 6.66. The number of esters is 2. The molecule has 1 aliphatic heterocycles. The Labute approximate surface area is 174 Å². The van der Waals surface area contributed by atoms with Crippen LogP contribution in [0, 0.1) is 0 Å². The largest absolute Gasteiger partial charge is 0.497 e. The van der Waals surface area contributed by atoms with E-state index in [0.717, 1.165) is 11.1 Å². The van der Waals surface area contributed by atoms with Gasteiger partial charge in [-0.1, -0.05) is 24.3 Å². The summed E-state index contributed by atoms with van der Waals surface area (Å²) in [6.45, 7) is -0.585. The maximum atomic E-state index is 12.7. The molecule has 3 rings (SSSR count). The molecule has 8 nitrogen and oxygen atoms in total. The van der Waals surface area contributed by atoms with E-state index in [1.807, 2.05) is 24.3 Å². The molecular weight excluding hydrogens is 390 g/mol. The van der Waals surface area contributed by atoms with Gasteiger partial charge in [-0.3, -0.25) is 4.79 Å². The van der Waals surface area contributed by atoms with Gasteiger partial charge in [-0.25, -0.2) is 9.59 Å². The van der Waals surface area contributed by atoms with E-state index in [2.05, 4.69) is 0 Å². The Morgan fingerprint density at radius 3 is 2.27 bits per heavy atom. The summed E-state index contributed by atoms with van der Waals surface area (Å²) in [5.41, 5.74) is 1.93. The second kappa shape index (κ2) is 9.78. The van der Waals surface area contributed by atoms with E-state index in [1.165, 1.54) is 12.0 Å². The Morgan fingerprint density at radius 2 is 1.60 bits per heavy atom. The molecule has 2 aromatic carbocycles. The van der Waals surface area contributed by atoms with Gasteiger partial charge >= 0.3 is 11.9 Å². The molecule has 0 bridgehead atoms. The minimum Gasteiger partial charge on any atom is -0.497 e. The molecule has 0 aromatic heterocycles. The number of carbonyl (C=O) groups excluding carboxylic acids is 3. The van der Waals surface area contributed by atoms with E-state index in [9.17, 15) is 14.4 Å². The summed E-state index contributed by atoms with van der Waals surface area (Å²) in [7, 11) is 2.83. The quantitative estimate of drug-likeness (QED) is 0.639. The van der Waals surface area contributed by atoms with Crippen molar-refractivity contribution in [3.05, 3.63) is 59.7 Å². The van der Waals surface area contributed by atoms with Crippen LogP contribution in [0.3, 0.4) is 0 Å². The second-order valence-corrected chi connectivity index (χ2v) is 6.66. The molecule has 158 valence electrons. The van der Waals surface area contributed by atoms with Crippen LogP contribution in [0.2, 0.25) is 0 Å². The van der Waals surface area contributed by atoms with E-state index in [0.29, 0.717) is 17.9 Å². The van der Waals surface area contributed by atoms with Crippen molar-refractivity contribution in [2.24, 2.45) is 0 Å². The Hall–Kier alpha value is -3.55. The maximum Gasteiger partial charge on any atom is 0.344 e. The van der Waals surface area contributed by atoms with Crippen LogP contribution in [-0.4, -0.2) is 56.2 Å². The van der Waals surface area contributed by atoms with Gasteiger partial charge in [0.1, 0.15) is 17.5 Å². The van der Waals surface area contributed by atoms with Gasteiger partial charge < -0.3 is 23.8 Å². The van der Waals surface area contributed by atoms with Gasteiger partial charge in [-0.05, 0) is 35.4 Å².